The number of hydrogen-bond donors (Lipinski definition) is 0. The summed E-state index contributed by atoms with van der Waals surface area (Å²) in [6.45, 7) is 6.60. The van der Waals surface area contributed by atoms with Gasteiger partial charge in [-0.1, -0.05) is 39.0 Å². The Bertz CT molecular complexity index is 404. The fourth-order valence-corrected chi connectivity index (χ4v) is 2.86. The van der Waals surface area contributed by atoms with Crippen molar-refractivity contribution in [2.75, 3.05) is 0 Å². The minimum Gasteiger partial charge on any atom is -0.303 e. The van der Waals surface area contributed by atoms with Crippen molar-refractivity contribution in [2.24, 2.45) is 0 Å². The summed E-state index contributed by atoms with van der Waals surface area (Å²) < 4.78 is 0. The van der Waals surface area contributed by atoms with Crippen molar-refractivity contribution in [2.45, 2.75) is 51.4 Å². The Balaban J connectivity index is 2.55. The number of carbonyl (C=O) groups is 1. The van der Waals surface area contributed by atoms with Crippen molar-refractivity contribution in [1.29, 1.82) is 0 Å². The monoisotopic (exact) mass is 216 g/mol. The molecule has 1 aliphatic rings. The number of fused-ring (bicyclic) bond motifs is 1. The van der Waals surface area contributed by atoms with Crippen molar-refractivity contribution < 1.29 is 4.79 Å². The number of carbonyl (C=O) groups excluding carboxylic acids is 1. The third kappa shape index (κ3) is 1.79. The van der Waals surface area contributed by atoms with Crippen LogP contribution >= 0.6 is 0 Å². The molecule has 1 heteroatoms. The molecule has 0 amide bonds. The highest BCUT2D eigenvalue weighted by molar-refractivity contribution is 5.63. The second-order valence-electron chi connectivity index (χ2n) is 5.54. The van der Waals surface area contributed by atoms with E-state index in [1.54, 1.807) is 0 Å². The van der Waals surface area contributed by atoms with E-state index in [9.17, 15) is 4.79 Å². The van der Waals surface area contributed by atoms with E-state index in [1.807, 2.05) is 6.92 Å². The summed E-state index contributed by atoms with van der Waals surface area (Å²) >= 11 is 0. The molecule has 1 unspecified atom stereocenters. The Morgan fingerprint density at radius 3 is 2.81 bits per heavy atom. The molecule has 1 nitrogen and oxygen atoms in total. The molecule has 1 atom stereocenters. The Morgan fingerprint density at radius 2 is 2.12 bits per heavy atom. The van der Waals surface area contributed by atoms with Crippen LogP contribution in [-0.4, -0.2) is 6.29 Å². The molecule has 0 fully saturated rings. The molecule has 16 heavy (non-hydrogen) atoms. The summed E-state index contributed by atoms with van der Waals surface area (Å²) in [5.41, 5.74) is 4.38. The van der Waals surface area contributed by atoms with E-state index in [0.717, 1.165) is 12.7 Å². The minimum absolute atomic E-state index is 0.0313. The maximum atomic E-state index is 11.0. The van der Waals surface area contributed by atoms with Crippen LogP contribution in [0.25, 0.3) is 0 Å². The van der Waals surface area contributed by atoms with Crippen LogP contribution in [0.3, 0.4) is 0 Å². The van der Waals surface area contributed by atoms with Crippen LogP contribution in [0.15, 0.2) is 18.2 Å². The third-order valence-corrected chi connectivity index (χ3v) is 3.86. The lowest BCUT2D eigenvalue weighted by Crippen LogP contribution is -2.25. The number of benzene rings is 1. The lowest BCUT2D eigenvalue weighted by atomic mass is 9.71. The molecule has 0 aromatic heterocycles. The van der Waals surface area contributed by atoms with Gasteiger partial charge in [-0.15, -0.1) is 0 Å². The first kappa shape index (κ1) is 11.4. The summed E-state index contributed by atoms with van der Waals surface area (Å²) in [5, 5.41) is 0. The van der Waals surface area contributed by atoms with Gasteiger partial charge in [-0.25, -0.2) is 0 Å². The second-order valence-corrected chi connectivity index (χ2v) is 5.54. The first-order valence-electron chi connectivity index (χ1n) is 6.14. The van der Waals surface area contributed by atoms with Crippen LogP contribution in [0.4, 0.5) is 0 Å². The molecular formula is C15H20O. The van der Waals surface area contributed by atoms with Crippen molar-refractivity contribution >= 4 is 6.29 Å². The molecule has 0 N–H and O–H groups in total. The third-order valence-electron chi connectivity index (χ3n) is 3.86. The average Bonchev–Trinajstić information content (AvgIpc) is 2.27. The lowest BCUT2D eigenvalue weighted by Gasteiger charge is -2.34. The summed E-state index contributed by atoms with van der Waals surface area (Å²) in [6.07, 6.45) is 4.67. The minimum atomic E-state index is 0.0313. The van der Waals surface area contributed by atoms with E-state index in [0.29, 0.717) is 0 Å². The number of aldehydes is 1. The zero-order valence-corrected chi connectivity index (χ0v) is 10.4. The van der Waals surface area contributed by atoms with Gasteiger partial charge in [0.2, 0.25) is 0 Å². The van der Waals surface area contributed by atoms with Crippen molar-refractivity contribution in [3.8, 4) is 0 Å². The highest BCUT2D eigenvalue weighted by atomic mass is 16.1. The smallest absolute Gasteiger partial charge is 0.127 e. The van der Waals surface area contributed by atoms with E-state index in [-0.39, 0.29) is 11.3 Å². The number of hydrogen-bond acceptors (Lipinski definition) is 1. The highest BCUT2D eigenvalue weighted by Crippen LogP contribution is 2.39. The topological polar surface area (TPSA) is 17.1 Å². The van der Waals surface area contributed by atoms with Crippen LogP contribution < -0.4 is 0 Å². The molecule has 0 spiro atoms. The lowest BCUT2D eigenvalue weighted by molar-refractivity contribution is -0.108. The van der Waals surface area contributed by atoms with Crippen LogP contribution in [0, 0.1) is 0 Å². The first-order chi connectivity index (χ1) is 7.56. The standard InChI is InChI=1S/C15H20O/c1-11(10-16)12-6-4-8-14-13(12)7-5-9-15(14,2)3/h4,6,8,10-11H,5,7,9H2,1-3H3. The molecular weight excluding hydrogens is 196 g/mol. The van der Waals surface area contributed by atoms with Crippen molar-refractivity contribution in [3.05, 3.63) is 34.9 Å². The normalized spacial score (nSPS) is 19.9. The van der Waals surface area contributed by atoms with Gasteiger partial charge in [0.05, 0.1) is 0 Å². The quantitative estimate of drug-likeness (QED) is 0.690. The van der Waals surface area contributed by atoms with Gasteiger partial charge in [0.15, 0.2) is 0 Å². The van der Waals surface area contributed by atoms with Crippen molar-refractivity contribution in [1.82, 2.24) is 0 Å². The van der Waals surface area contributed by atoms with Gasteiger partial charge in [-0.05, 0) is 41.4 Å². The summed E-state index contributed by atoms with van der Waals surface area (Å²) in [6, 6.07) is 6.44. The highest BCUT2D eigenvalue weighted by Gasteiger charge is 2.29. The maximum absolute atomic E-state index is 11.0. The van der Waals surface area contributed by atoms with E-state index in [1.165, 1.54) is 29.5 Å². The van der Waals surface area contributed by atoms with E-state index in [4.69, 9.17) is 0 Å². The van der Waals surface area contributed by atoms with Gasteiger partial charge in [0.1, 0.15) is 6.29 Å². The molecule has 0 radical (unpaired) electrons. The first-order valence-corrected chi connectivity index (χ1v) is 6.14. The SMILES string of the molecule is CC(C=O)c1cccc2c1CCCC2(C)C. The Kier molecular flexibility index (Phi) is 2.88. The van der Waals surface area contributed by atoms with Crippen LogP contribution in [0.5, 0.6) is 0 Å². The average molecular weight is 216 g/mol. The van der Waals surface area contributed by atoms with E-state index in [2.05, 4.69) is 32.0 Å². The van der Waals surface area contributed by atoms with Crippen molar-refractivity contribution in [3.63, 3.8) is 0 Å². The summed E-state index contributed by atoms with van der Waals surface area (Å²) in [4.78, 5) is 11.0. The maximum Gasteiger partial charge on any atom is 0.127 e. The molecule has 1 aliphatic carbocycles. The van der Waals surface area contributed by atoms with Gasteiger partial charge in [-0.3, -0.25) is 0 Å². The molecule has 0 heterocycles. The van der Waals surface area contributed by atoms with Crippen LogP contribution in [0.2, 0.25) is 0 Å². The molecule has 0 saturated heterocycles. The summed E-state index contributed by atoms with van der Waals surface area (Å²) in [7, 11) is 0. The largest absolute Gasteiger partial charge is 0.303 e. The molecule has 0 saturated carbocycles. The Morgan fingerprint density at radius 1 is 1.38 bits per heavy atom. The molecule has 2 rings (SSSR count). The fourth-order valence-electron chi connectivity index (χ4n) is 2.86. The van der Waals surface area contributed by atoms with Gasteiger partial charge in [0, 0.05) is 5.92 Å². The molecule has 1 aromatic carbocycles. The van der Waals surface area contributed by atoms with Gasteiger partial charge < -0.3 is 4.79 Å². The predicted molar refractivity (Wildman–Crippen MR) is 66.9 cm³/mol. The van der Waals surface area contributed by atoms with Gasteiger partial charge >= 0.3 is 0 Å². The zero-order valence-electron chi connectivity index (χ0n) is 10.4. The Labute approximate surface area is 97.9 Å². The summed E-state index contributed by atoms with van der Waals surface area (Å²) in [5.74, 6) is 0.0313. The molecule has 1 aromatic rings. The Hall–Kier alpha value is -1.11. The zero-order chi connectivity index (χ0) is 11.8. The molecule has 0 aliphatic heterocycles. The van der Waals surface area contributed by atoms with Crippen LogP contribution in [-0.2, 0) is 16.6 Å². The second kappa shape index (κ2) is 4.04. The van der Waals surface area contributed by atoms with E-state index < -0.39 is 0 Å². The van der Waals surface area contributed by atoms with Crippen LogP contribution in [0.1, 0.15) is 56.2 Å². The van der Waals surface area contributed by atoms with Gasteiger partial charge in [0.25, 0.3) is 0 Å². The molecule has 86 valence electrons. The van der Waals surface area contributed by atoms with Gasteiger partial charge in [-0.2, -0.15) is 0 Å². The molecule has 0 bridgehead atoms. The fraction of sp³-hybridized carbons (Fsp3) is 0.533. The predicted octanol–water partition coefficient (Wildman–Crippen LogP) is 3.60. The number of rotatable bonds is 2. The van der Waals surface area contributed by atoms with E-state index >= 15 is 0 Å².